The Labute approximate surface area is 145 Å². The van der Waals surface area contributed by atoms with Crippen LogP contribution in [-0.2, 0) is 14.3 Å². The summed E-state index contributed by atoms with van der Waals surface area (Å²) in [4.78, 5) is 23.4. The van der Waals surface area contributed by atoms with Crippen molar-refractivity contribution in [3.8, 4) is 5.69 Å². The van der Waals surface area contributed by atoms with Crippen molar-refractivity contribution in [1.29, 1.82) is 0 Å². The molecule has 0 aliphatic heterocycles. The molecule has 2 aromatic rings. The van der Waals surface area contributed by atoms with Crippen LogP contribution in [0.15, 0.2) is 48.2 Å². The summed E-state index contributed by atoms with van der Waals surface area (Å²) in [6.45, 7) is 5.38. The van der Waals surface area contributed by atoms with Gasteiger partial charge in [-0.25, -0.2) is 14.3 Å². The van der Waals surface area contributed by atoms with E-state index in [4.69, 9.17) is 4.74 Å². The molecule has 0 saturated heterocycles. The first kappa shape index (κ1) is 18.3. The zero-order valence-corrected chi connectivity index (χ0v) is 14.4. The zero-order chi connectivity index (χ0) is 18.4. The lowest BCUT2D eigenvalue weighted by molar-refractivity contribution is -0.147. The van der Waals surface area contributed by atoms with Gasteiger partial charge in [-0.05, 0) is 32.4 Å². The highest BCUT2D eigenvalue weighted by atomic mass is 16.5. The van der Waals surface area contributed by atoms with Crippen LogP contribution >= 0.6 is 0 Å². The molecule has 0 bridgehead atoms. The highest BCUT2D eigenvalue weighted by Crippen LogP contribution is 2.17. The number of aryl methyl sites for hydroxylation is 1. The van der Waals surface area contributed by atoms with Crippen LogP contribution in [0.5, 0.6) is 0 Å². The van der Waals surface area contributed by atoms with Gasteiger partial charge in [0.05, 0.1) is 17.5 Å². The van der Waals surface area contributed by atoms with Crippen LogP contribution in [0.1, 0.15) is 26.0 Å². The first-order chi connectivity index (χ1) is 11.9. The van der Waals surface area contributed by atoms with E-state index in [1.54, 1.807) is 17.7 Å². The summed E-state index contributed by atoms with van der Waals surface area (Å²) in [5, 5.41) is 16.5. The van der Waals surface area contributed by atoms with Gasteiger partial charge in [-0.1, -0.05) is 25.1 Å². The van der Waals surface area contributed by atoms with Gasteiger partial charge in [-0.3, -0.25) is 0 Å². The highest BCUT2D eigenvalue weighted by Gasteiger charge is 2.21. The lowest BCUT2D eigenvalue weighted by Gasteiger charge is -2.11. The molecule has 0 fully saturated rings. The minimum Gasteiger partial charge on any atom is -0.477 e. The van der Waals surface area contributed by atoms with Crippen LogP contribution in [0.4, 0.5) is 5.82 Å². The van der Waals surface area contributed by atoms with Gasteiger partial charge in [-0.2, -0.15) is 5.10 Å². The van der Waals surface area contributed by atoms with Gasteiger partial charge in [0.2, 0.25) is 0 Å². The van der Waals surface area contributed by atoms with Crippen molar-refractivity contribution in [1.82, 2.24) is 9.78 Å². The molecular formula is C18H21N3O4. The molecule has 1 aromatic carbocycles. The fraction of sp³-hybridized carbons (Fsp3) is 0.278. The summed E-state index contributed by atoms with van der Waals surface area (Å²) in [5.41, 5.74) is 1.09. The van der Waals surface area contributed by atoms with Gasteiger partial charge in [0, 0.05) is 12.3 Å². The molecule has 7 nitrogen and oxygen atoms in total. The molecule has 132 valence electrons. The van der Waals surface area contributed by atoms with E-state index in [-0.39, 0.29) is 6.10 Å². The van der Waals surface area contributed by atoms with Crippen LogP contribution in [0.3, 0.4) is 0 Å². The molecule has 1 aromatic heterocycles. The largest absolute Gasteiger partial charge is 0.477 e. The van der Waals surface area contributed by atoms with Crippen molar-refractivity contribution >= 4 is 17.8 Å². The molecule has 0 amide bonds. The number of hydrogen-bond donors (Lipinski definition) is 2. The number of carboxylic acids is 1. The van der Waals surface area contributed by atoms with Gasteiger partial charge in [-0.15, -0.1) is 0 Å². The minimum absolute atomic E-state index is 0.354. The maximum atomic E-state index is 12.0. The number of benzene rings is 1. The SMILES string of the molecule is CCC(C)OC(=O)C(=CNc1cc(C)nn1-c1ccccc1)C(=O)O. The molecule has 0 aliphatic carbocycles. The van der Waals surface area contributed by atoms with Crippen LogP contribution < -0.4 is 5.32 Å². The number of nitrogens with zero attached hydrogens (tertiary/aromatic N) is 2. The Hall–Kier alpha value is -3.09. The number of hydrogen-bond acceptors (Lipinski definition) is 5. The Morgan fingerprint density at radius 2 is 2.04 bits per heavy atom. The number of aliphatic carboxylic acids is 1. The quantitative estimate of drug-likeness (QED) is 0.347. The summed E-state index contributed by atoms with van der Waals surface area (Å²) in [7, 11) is 0. The highest BCUT2D eigenvalue weighted by molar-refractivity contribution is 6.13. The Balaban J connectivity index is 2.27. The van der Waals surface area contributed by atoms with E-state index >= 15 is 0 Å². The number of nitrogens with one attached hydrogen (secondary N) is 1. The summed E-state index contributed by atoms with van der Waals surface area (Å²) in [5.74, 6) is -1.70. The van der Waals surface area contributed by atoms with Crippen molar-refractivity contribution in [2.45, 2.75) is 33.3 Å². The number of rotatable bonds is 7. The van der Waals surface area contributed by atoms with Crippen molar-refractivity contribution in [2.75, 3.05) is 5.32 Å². The fourth-order valence-corrected chi connectivity index (χ4v) is 2.05. The number of anilines is 1. The molecule has 0 saturated carbocycles. The number of para-hydroxylation sites is 1. The zero-order valence-electron chi connectivity index (χ0n) is 14.4. The first-order valence-corrected chi connectivity index (χ1v) is 7.95. The van der Waals surface area contributed by atoms with Crippen molar-refractivity contribution < 1.29 is 19.4 Å². The summed E-state index contributed by atoms with van der Waals surface area (Å²) < 4.78 is 6.71. The second kappa shape index (κ2) is 8.14. The van der Waals surface area contributed by atoms with Crippen LogP contribution in [0.2, 0.25) is 0 Å². The monoisotopic (exact) mass is 343 g/mol. The smallest absolute Gasteiger partial charge is 0.347 e. The Morgan fingerprint density at radius 3 is 2.64 bits per heavy atom. The second-order valence-electron chi connectivity index (χ2n) is 5.55. The summed E-state index contributed by atoms with van der Waals surface area (Å²) in [6, 6.07) is 11.1. The maximum Gasteiger partial charge on any atom is 0.347 e. The Kier molecular flexibility index (Phi) is 5.94. The van der Waals surface area contributed by atoms with Crippen molar-refractivity contribution in [3.63, 3.8) is 0 Å². The van der Waals surface area contributed by atoms with Gasteiger partial charge in [0.25, 0.3) is 0 Å². The third-order valence-corrected chi connectivity index (χ3v) is 3.53. The summed E-state index contributed by atoms with van der Waals surface area (Å²) in [6.07, 6.45) is 1.38. The number of carbonyl (C=O) groups is 2. The van der Waals surface area contributed by atoms with Gasteiger partial charge in [0.1, 0.15) is 5.82 Å². The van der Waals surface area contributed by atoms with Gasteiger partial charge in [0.15, 0.2) is 5.57 Å². The molecule has 1 atom stereocenters. The second-order valence-corrected chi connectivity index (χ2v) is 5.55. The van der Waals surface area contributed by atoms with Crippen LogP contribution in [0.25, 0.3) is 5.69 Å². The van der Waals surface area contributed by atoms with Crippen molar-refractivity contribution in [3.05, 3.63) is 53.9 Å². The standard InChI is InChI=1S/C18H21N3O4/c1-4-13(3)25-18(24)15(17(22)23)11-19-16-10-12(2)20-21(16)14-8-6-5-7-9-14/h5-11,13,19H,4H2,1-3H3,(H,22,23). The maximum absolute atomic E-state index is 12.0. The summed E-state index contributed by atoms with van der Waals surface area (Å²) >= 11 is 0. The fourth-order valence-electron chi connectivity index (χ4n) is 2.05. The Bertz CT molecular complexity index is 781. The van der Waals surface area contributed by atoms with E-state index in [0.29, 0.717) is 12.2 Å². The molecule has 1 heterocycles. The third-order valence-electron chi connectivity index (χ3n) is 3.53. The number of carbonyl (C=O) groups excluding carboxylic acids is 1. The van der Waals surface area contributed by atoms with E-state index in [1.807, 2.05) is 44.2 Å². The van der Waals surface area contributed by atoms with E-state index in [1.165, 1.54) is 0 Å². The van der Waals surface area contributed by atoms with E-state index in [2.05, 4.69) is 10.4 Å². The molecule has 0 radical (unpaired) electrons. The molecule has 25 heavy (non-hydrogen) atoms. The van der Waals surface area contributed by atoms with Crippen LogP contribution in [0, 0.1) is 6.92 Å². The van der Waals surface area contributed by atoms with Crippen molar-refractivity contribution in [2.24, 2.45) is 0 Å². The van der Waals surface area contributed by atoms with E-state index in [9.17, 15) is 14.7 Å². The number of carboxylic acid groups (broad SMARTS) is 1. The molecule has 2 rings (SSSR count). The van der Waals surface area contributed by atoms with Gasteiger partial charge >= 0.3 is 11.9 Å². The van der Waals surface area contributed by atoms with Crippen LogP contribution in [-0.4, -0.2) is 32.9 Å². The number of ether oxygens (including phenoxy) is 1. The Morgan fingerprint density at radius 1 is 1.36 bits per heavy atom. The molecule has 0 spiro atoms. The molecule has 1 unspecified atom stereocenters. The number of aromatic nitrogens is 2. The van der Waals surface area contributed by atoms with Gasteiger partial charge < -0.3 is 15.2 Å². The lowest BCUT2D eigenvalue weighted by atomic mass is 10.2. The predicted molar refractivity (Wildman–Crippen MR) is 93.5 cm³/mol. The molecule has 7 heteroatoms. The average Bonchev–Trinajstić information content (AvgIpc) is 2.96. The normalized spacial score (nSPS) is 12.5. The third kappa shape index (κ3) is 4.69. The predicted octanol–water partition coefficient (Wildman–Crippen LogP) is 2.90. The average molecular weight is 343 g/mol. The molecule has 0 aliphatic rings. The lowest BCUT2D eigenvalue weighted by Crippen LogP contribution is -2.21. The first-order valence-electron chi connectivity index (χ1n) is 7.95. The number of esters is 1. The van der Waals surface area contributed by atoms with E-state index in [0.717, 1.165) is 17.6 Å². The van der Waals surface area contributed by atoms with E-state index < -0.39 is 17.5 Å². The minimum atomic E-state index is -1.36. The molecular weight excluding hydrogens is 322 g/mol. The topological polar surface area (TPSA) is 93.5 Å². The molecule has 2 N–H and O–H groups in total.